The molecule has 0 radical (unpaired) electrons. The molecular formula is C10H14Cl2N2O3. The van der Waals surface area contributed by atoms with E-state index in [1.165, 1.54) is 11.1 Å². The summed E-state index contributed by atoms with van der Waals surface area (Å²) in [6, 6.07) is 0. The molecule has 96 valence electrons. The van der Waals surface area contributed by atoms with Gasteiger partial charge in [-0.25, -0.2) is 0 Å². The smallest absolute Gasteiger partial charge is 0.230 e. The van der Waals surface area contributed by atoms with Crippen molar-refractivity contribution in [1.29, 1.82) is 0 Å². The molecule has 17 heavy (non-hydrogen) atoms. The number of hydrogen-bond acceptors (Lipinski definition) is 5. The van der Waals surface area contributed by atoms with Crippen molar-refractivity contribution < 1.29 is 14.4 Å². The van der Waals surface area contributed by atoms with Crippen LogP contribution in [-0.4, -0.2) is 25.0 Å². The lowest BCUT2D eigenvalue weighted by atomic mass is 10.7. The number of hydrogen-bond donors (Lipinski definition) is 0. The summed E-state index contributed by atoms with van der Waals surface area (Å²) in [5.41, 5.74) is 2.69. The average molecular weight is 281 g/mol. The van der Waals surface area contributed by atoms with E-state index in [1.807, 2.05) is 0 Å². The van der Waals surface area contributed by atoms with Crippen LogP contribution in [0.1, 0.15) is 13.8 Å². The molecule has 0 aliphatic heterocycles. The van der Waals surface area contributed by atoms with Crippen LogP contribution >= 0.6 is 23.2 Å². The van der Waals surface area contributed by atoms with E-state index >= 15 is 0 Å². The van der Waals surface area contributed by atoms with Gasteiger partial charge in [-0.2, -0.15) is 0 Å². The van der Waals surface area contributed by atoms with Crippen molar-refractivity contribution in [2.24, 2.45) is 10.3 Å². The summed E-state index contributed by atoms with van der Waals surface area (Å²) in [6.45, 7) is 3.80. The first kappa shape index (κ1) is 15.8. The maximum atomic E-state index is 5.29. The molecular weight excluding hydrogens is 267 g/mol. The maximum Gasteiger partial charge on any atom is 0.230 e. The molecule has 0 heterocycles. The summed E-state index contributed by atoms with van der Waals surface area (Å²) in [7, 11) is 0. The minimum atomic E-state index is 0.275. The van der Waals surface area contributed by atoms with Crippen molar-refractivity contribution in [2.75, 3.05) is 13.2 Å². The van der Waals surface area contributed by atoms with Gasteiger partial charge in [0.05, 0.1) is 0 Å². The fourth-order valence-electron chi connectivity index (χ4n) is 0.666. The highest BCUT2D eigenvalue weighted by Crippen LogP contribution is 1.91. The summed E-state index contributed by atoms with van der Waals surface area (Å²) >= 11 is 10.6. The van der Waals surface area contributed by atoms with E-state index in [4.69, 9.17) is 37.6 Å². The fourth-order valence-corrected chi connectivity index (χ4v) is 0.812. The molecule has 0 N–H and O–H groups in total. The van der Waals surface area contributed by atoms with Gasteiger partial charge in [-0.3, -0.25) is 0 Å². The lowest BCUT2D eigenvalue weighted by molar-refractivity contribution is 0.159. The molecule has 0 saturated carbocycles. The highest BCUT2D eigenvalue weighted by molar-refractivity contribution is 6.25. The van der Waals surface area contributed by atoms with Gasteiger partial charge in [-0.1, -0.05) is 33.5 Å². The van der Waals surface area contributed by atoms with Crippen LogP contribution in [0.3, 0.4) is 0 Å². The molecule has 5 nitrogen and oxygen atoms in total. The van der Waals surface area contributed by atoms with Gasteiger partial charge < -0.3 is 14.4 Å². The summed E-state index contributed by atoms with van der Waals surface area (Å²) in [5.74, 6) is 0.622. The van der Waals surface area contributed by atoms with Gasteiger partial charge in [0, 0.05) is 24.9 Å². The second kappa shape index (κ2) is 11.3. The third-order valence-corrected chi connectivity index (χ3v) is 1.56. The molecule has 0 rings (SSSR count). The highest BCUT2D eigenvalue weighted by atomic mass is 35.5. The summed E-state index contributed by atoms with van der Waals surface area (Å²) in [4.78, 5) is 9.69. The van der Waals surface area contributed by atoms with Gasteiger partial charge in [-0.15, -0.1) is 0 Å². The standard InChI is InChI=1S/C10H14Cl2N2O3/c1-9(13-15-7-3-5-11)17-10(2)14-16-8-4-6-12/h3-6H,7-8H2,1-2H3. The summed E-state index contributed by atoms with van der Waals surface area (Å²) in [6.07, 6.45) is 3.20. The van der Waals surface area contributed by atoms with Gasteiger partial charge in [0.2, 0.25) is 11.8 Å². The van der Waals surface area contributed by atoms with Gasteiger partial charge in [-0.05, 0) is 12.2 Å². The van der Waals surface area contributed by atoms with Gasteiger partial charge >= 0.3 is 0 Å². The van der Waals surface area contributed by atoms with Crippen LogP contribution in [0.25, 0.3) is 0 Å². The molecule has 0 saturated heterocycles. The van der Waals surface area contributed by atoms with E-state index in [-0.39, 0.29) is 13.2 Å². The quantitative estimate of drug-likeness (QED) is 0.325. The van der Waals surface area contributed by atoms with Crippen molar-refractivity contribution in [3.63, 3.8) is 0 Å². The van der Waals surface area contributed by atoms with Crippen molar-refractivity contribution >= 4 is 35.0 Å². The average Bonchev–Trinajstić information content (AvgIpc) is 2.30. The molecule has 0 fully saturated rings. The third kappa shape index (κ3) is 11.1. The monoisotopic (exact) mass is 280 g/mol. The van der Waals surface area contributed by atoms with Crippen LogP contribution < -0.4 is 0 Å². The molecule has 0 amide bonds. The minimum absolute atomic E-state index is 0.275. The predicted molar refractivity (Wildman–Crippen MR) is 69.2 cm³/mol. The molecule has 0 aromatic heterocycles. The van der Waals surface area contributed by atoms with E-state index in [9.17, 15) is 0 Å². The van der Waals surface area contributed by atoms with E-state index < -0.39 is 0 Å². The van der Waals surface area contributed by atoms with E-state index in [0.717, 1.165) is 0 Å². The highest BCUT2D eigenvalue weighted by Gasteiger charge is 1.96. The Bertz CT molecular complexity index is 285. The number of oxime groups is 2. The van der Waals surface area contributed by atoms with E-state index in [2.05, 4.69) is 10.3 Å². The lowest BCUT2D eigenvalue weighted by Crippen LogP contribution is -2.07. The zero-order chi connectivity index (χ0) is 12.9. The van der Waals surface area contributed by atoms with Gasteiger partial charge in [0.1, 0.15) is 13.2 Å². The number of nitrogens with zero attached hydrogens (tertiary/aromatic N) is 2. The minimum Gasteiger partial charge on any atom is -0.423 e. The Morgan fingerprint density at radius 2 is 1.35 bits per heavy atom. The molecule has 0 spiro atoms. The molecule has 0 aromatic rings. The Morgan fingerprint density at radius 1 is 0.941 bits per heavy atom. The first-order valence-corrected chi connectivity index (χ1v) is 5.59. The van der Waals surface area contributed by atoms with Crippen LogP contribution in [0.4, 0.5) is 0 Å². The Labute approximate surface area is 110 Å². The Kier molecular flexibility index (Phi) is 10.5. The zero-order valence-electron chi connectivity index (χ0n) is 9.60. The number of ether oxygens (including phenoxy) is 1. The van der Waals surface area contributed by atoms with Crippen LogP contribution in [-0.2, 0) is 14.4 Å². The molecule has 0 atom stereocenters. The van der Waals surface area contributed by atoms with Crippen molar-refractivity contribution in [3.8, 4) is 0 Å². The largest absolute Gasteiger partial charge is 0.423 e. The Morgan fingerprint density at radius 3 is 1.71 bits per heavy atom. The Balaban J connectivity index is 3.88. The molecule has 0 unspecified atom stereocenters. The third-order valence-electron chi connectivity index (χ3n) is 1.20. The topological polar surface area (TPSA) is 52.4 Å². The zero-order valence-corrected chi connectivity index (χ0v) is 11.1. The summed E-state index contributed by atoms with van der Waals surface area (Å²) in [5, 5.41) is 7.32. The van der Waals surface area contributed by atoms with Crippen molar-refractivity contribution in [2.45, 2.75) is 13.8 Å². The molecule has 0 aromatic carbocycles. The molecule has 0 bridgehead atoms. The summed E-state index contributed by atoms with van der Waals surface area (Å²) < 4.78 is 5.15. The van der Waals surface area contributed by atoms with Crippen molar-refractivity contribution in [1.82, 2.24) is 0 Å². The van der Waals surface area contributed by atoms with Gasteiger partial charge in [0.25, 0.3) is 0 Å². The second-order valence-electron chi connectivity index (χ2n) is 2.64. The maximum absolute atomic E-state index is 5.29. The van der Waals surface area contributed by atoms with Crippen molar-refractivity contribution in [3.05, 3.63) is 23.2 Å². The first-order valence-electron chi connectivity index (χ1n) is 4.72. The lowest BCUT2D eigenvalue weighted by Gasteiger charge is -2.02. The second-order valence-corrected chi connectivity index (χ2v) is 3.14. The van der Waals surface area contributed by atoms with Gasteiger partial charge in [0.15, 0.2) is 0 Å². The van der Waals surface area contributed by atoms with E-state index in [0.29, 0.717) is 11.8 Å². The van der Waals surface area contributed by atoms with Crippen LogP contribution in [0, 0.1) is 0 Å². The number of halogens is 2. The molecule has 0 aliphatic carbocycles. The normalized spacial score (nSPS) is 13.4. The molecule has 0 aliphatic rings. The predicted octanol–water partition coefficient (Wildman–Crippen LogP) is 3.21. The Hall–Kier alpha value is -1.20. The fraction of sp³-hybridized carbons (Fsp3) is 0.400. The SMILES string of the molecule is CC(=NOCC=CCl)OC(C)=NOCC=CCl. The van der Waals surface area contributed by atoms with Crippen LogP contribution in [0.2, 0.25) is 0 Å². The first-order chi connectivity index (χ1) is 8.20. The number of rotatable bonds is 6. The van der Waals surface area contributed by atoms with Crippen LogP contribution in [0.5, 0.6) is 0 Å². The van der Waals surface area contributed by atoms with Crippen LogP contribution in [0.15, 0.2) is 33.5 Å². The molecule has 7 heteroatoms. The van der Waals surface area contributed by atoms with E-state index in [1.54, 1.807) is 26.0 Å².